The number of hydrogen-bond acceptors (Lipinski definition) is 8. The van der Waals surface area contributed by atoms with Gasteiger partial charge in [0.1, 0.15) is 35.0 Å². The van der Waals surface area contributed by atoms with E-state index in [0.717, 1.165) is 6.07 Å². The molecule has 1 heterocycles. The summed E-state index contributed by atoms with van der Waals surface area (Å²) in [6.45, 7) is 3.28. The largest absolute Gasteiger partial charge is 0.508 e. The number of hydrogen-bond donors (Lipinski definition) is 4. The number of phenols is 2. The third kappa shape index (κ3) is 5.45. The molecular formula is C19H24O8. The molecule has 1 aliphatic heterocycles. The summed E-state index contributed by atoms with van der Waals surface area (Å²) in [5, 5.41) is 39.6. The van der Waals surface area contributed by atoms with Crippen molar-refractivity contribution in [1.29, 1.82) is 0 Å². The van der Waals surface area contributed by atoms with Gasteiger partial charge in [-0.05, 0) is 32.8 Å². The van der Waals surface area contributed by atoms with Gasteiger partial charge in [-0.25, -0.2) is 4.79 Å². The highest BCUT2D eigenvalue weighted by Gasteiger charge is 2.25. The number of carbonyl (C=O) groups excluding carboxylic acids is 2. The predicted molar refractivity (Wildman–Crippen MR) is 94.8 cm³/mol. The Morgan fingerprint density at radius 2 is 1.85 bits per heavy atom. The maximum absolute atomic E-state index is 12.5. The van der Waals surface area contributed by atoms with E-state index in [4.69, 9.17) is 9.47 Å². The highest BCUT2D eigenvalue weighted by atomic mass is 16.5. The fraction of sp³-hybridized carbons (Fsp3) is 0.474. The van der Waals surface area contributed by atoms with Crippen LogP contribution in [0.2, 0.25) is 0 Å². The number of cyclic esters (lactones) is 1. The molecule has 0 aromatic heterocycles. The van der Waals surface area contributed by atoms with Crippen molar-refractivity contribution in [1.82, 2.24) is 0 Å². The van der Waals surface area contributed by atoms with Crippen molar-refractivity contribution in [2.75, 3.05) is 6.61 Å². The number of fused-ring (bicyclic) bond motifs is 1. The Morgan fingerprint density at radius 3 is 2.56 bits per heavy atom. The molecule has 148 valence electrons. The second-order valence-electron chi connectivity index (χ2n) is 6.65. The number of ketones is 1. The highest BCUT2D eigenvalue weighted by Crippen LogP contribution is 2.34. The number of phenolic OH excluding ortho intramolecular Hbond substituents is 2. The number of esters is 1. The van der Waals surface area contributed by atoms with Crippen LogP contribution in [0.15, 0.2) is 23.8 Å². The third-order valence-electron chi connectivity index (χ3n) is 4.13. The van der Waals surface area contributed by atoms with Crippen LogP contribution in [0, 0.1) is 0 Å². The minimum Gasteiger partial charge on any atom is -0.508 e. The SMILES string of the molecule is C/C1=C/C(=O)[C@@H](O)[C@@H](O)CCCOc2cc(O)cc(O)c2C(=O)OC(C)C1. The summed E-state index contributed by atoms with van der Waals surface area (Å²) in [7, 11) is 0. The summed E-state index contributed by atoms with van der Waals surface area (Å²) >= 11 is 0. The zero-order chi connectivity index (χ0) is 20.1. The fourth-order valence-corrected chi connectivity index (χ4v) is 2.85. The molecule has 1 unspecified atom stereocenters. The van der Waals surface area contributed by atoms with E-state index in [0.29, 0.717) is 5.57 Å². The van der Waals surface area contributed by atoms with E-state index in [9.17, 15) is 30.0 Å². The number of aromatic hydroxyl groups is 2. The van der Waals surface area contributed by atoms with E-state index in [1.54, 1.807) is 13.8 Å². The lowest BCUT2D eigenvalue weighted by Crippen LogP contribution is -2.33. The molecule has 0 radical (unpaired) electrons. The molecule has 0 aliphatic carbocycles. The van der Waals surface area contributed by atoms with Crippen molar-refractivity contribution >= 4 is 11.8 Å². The fourth-order valence-electron chi connectivity index (χ4n) is 2.85. The summed E-state index contributed by atoms with van der Waals surface area (Å²) in [6, 6.07) is 2.19. The molecule has 0 fully saturated rings. The van der Waals surface area contributed by atoms with Crippen LogP contribution in [0.5, 0.6) is 17.2 Å². The first-order valence-corrected chi connectivity index (χ1v) is 8.66. The van der Waals surface area contributed by atoms with Crippen LogP contribution in [-0.4, -0.2) is 57.1 Å². The first-order valence-electron chi connectivity index (χ1n) is 8.66. The number of rotatable bonds is 0. The van der Waals surface area contributed by atoms with Gasteiger partial charge < -0.3 is 29.9 Å². The van der Waals surface area contributed by atoms with Crippen LogP contribution in [0.1, 0.15) is 43.5 Å². The van der Waals surface area contributed by atoms with Gasteiger partial charge in [-0.2, -0.15) is 0 Å². The second kappa shape index (κ2) is 8.88. The van der Waals surface area contributed by atoms with Crippen molar-refractivity contribution in [2.45, 2.75) is 51.4 Å². The van der Waals surface area contributed by atoms with E-state index in [1.165, 1.54) is 12.1 Å². The zero-order valence-electron chi connectivity index (χ0n) is 15.2. The molecule has 0 bridgehead atoms. The number of carbonyl (C=O) groups is 2. The number of aliphatic hydroxyl groups excluding tert-OH is 2. The molecule has 1 aliphatic rings. The minimum atomic E-state index is -1.55. The summed E-state index contributed by atoms with van der Waals surface area (Å²) in [4.78, 5) is 24.5. The van der Waals surface area contributed by atoms with Crippen LogP contribution in [0.25, 0.3) is 0 Å². The second-order valence-corrected chi connectivity index (χ2v) is 6.65. The minimum absolute atomic E-state index is 0.0194. The van der Waals surface area contributed by atoms with Crippen LogP contribution in [-0.2, 0) is 9.53 Å². The van der Waals surface area contributed by atoms with Gasteiger partial charge in [0, 0.05) is 18.6 Å². The standard InChI is InChI=1S/C19H24O8/c1-10-6-11(2)27-19(25)17-14(22)8-12(20)9-16(17)26-5-3-4-13(21)18(24)15(23)7-10/h7-9,11,13,18,20-22,24H,3-6H2,1-2H3/b10-7-/t11?,13-,18-/m0/s1. The Morgan fingerprint density at radius 1 is 1.15 bits per heavy atom. The number of aliphatic hydroxyl groups is 2. The number of ether oxygens (including phenoxy) is 2. The topological polar surface area (TPSA) is 134 Å². The Kier molecular flexibility index (Phi) is 6.81. The first kappa shape index (κ1) is 20.7. The molecule has 0 amide bonds. The summed E-state index contributed by atoms with van der Waals surface area (Å²) in [5.74, 6) is -2.28. The molecule has 0 saturated heterocycles. The normalized spacial score (nSPS) is 27.3. The van der Waals surface area contributed by atoms with Crippen molar-refractivity contribution in [3.05, 3.63) is 29.3 Å². The van der Waals surface area contributed by atoms with Crippen molar-refractivity contribution in [2.24, 2.45) is 0 Å². The van der Waals surface area contributed by atoms with Crippen molar-refractivity contribution in [3.8, 4) is 17.2 Å². The predicted octanol–water partition coefficient (Wildman–Crippen LogP) is 1.44. The molecule has 1 aromatic carbocycles. The van der Waals surface area contributed by atoms with Crippen molar-refractivity contribution in [3.63, 3.8) is 0 Å². The maximum Gasteiger partial charge on any atom is 0.346 e. The quantitative estimate of drug-likeness (QED) is 0.497. The van der Waals surface area contributed by atoms with Gasteiger partial charge in [0.25, 0.3) is 0 Å². The van der Waals surface area contributed by atoms with Gasteiger partial charge in [-0.15, -0.1) is 0 Å². The lowest BCUT2D eigenvalue weighted by molar-refractivity contribution is -0.128. The Labute approximate surface area is 156 Å². The molecule has 2 rings (SSSR count). The lowest BCUT2D eigenvalue weighted by Gasteiger charge is -2.16. The highest BCUT2D eigenvalue weighted by molar-refractivity contribution is 5.96. The van der Waals surface area contributed by atoms with E-state index in [2.05, 4.69) is 0 Å². The van der Waals surface area contributed by atoms with Crippen LogP contribution in [0.4, 0.5) is 0 Å². The van der Waals surface area contributed by atoms with Crippen LogP contribution in [0.3, 0.4) is 0 Å². The van der Waals surface area contributed by atoms with Crippen LogP contribution < -0.4 is 4.74 Å². The smallest absolute Gasteiger partial charge is 0.346 e. The Balaban J connectivity index is 2.34. The van der Waals surface area contributed by atoms with Gasteiger partial charge >= 0.3 is 5.97 Å². The van der Waals surface area contributed by atoms with Crippen molar-refractivity contribution < 1.29 is 39.5 Å². The van der Waals surface area contributed by atoms with Gasteiger partial charge in [-0.1, -0.05) is 5.57 Å². The zero-order valence-corrected chi connectivity index (χ0v) is 15.2. The maximum atomic E-state index is 12.5. The van der Waals surface area contributed by atoms with Gasteiger partial charge in [0.15, 0.2) is 5.78 Å². The summed E-state index contributed by atoms with van der Waals surface area (Å²) in [5.41, 5.74) is 0.348. The third-order valence-corrected chi connectivity index (χ3v) is 4.13. The van der Waals surface area contributed by atoms with Gasteiger partial charge in [0.2, 0.25) is 0 Å². The molecule has 4 N–H and O–H groups in total. The molecular weight excluding hydrogens is 356 g/mol. The molecule has 0 spiro atoms. The summed E-state index contributed by atoms with van der Waals surface area (Å²) < 4.78 is 10.8. The number of benzene rings is 1. The van der Waals surface area contributed by atoms with Gasteiger partial charge in [-0.3, -0.25) is 4.79 Å². The Bertz CT molecular complexity index is 739. The molecule has 3 atom stereocenters. The van der Waals surface area contributed by atoms with Gasteiger partial charge in [0.05, 0.1) is 12.7 Å². The van der Waals surface area contributed by atoms with Crippen LogP contribution >= 0.6 is 0 Å². The molecule has 0 saturated carbocycles. The summed E-state index contributed by atoms with van der Waals surface area (Å²) in [6.07, 6.45) is -1.66. The van der Waals surface area contributed by atoms with E-state index >= 15 is 0 Å². The monoisotopic (exact) mass is 380 g/mol. The Hall–Kier alpha value is -2.58. The molecule has 8 heteroatoms. The molecule has 27 heavy (non-hydrogen) atoms. The molecule has 8 nitrogen and oxygen atoms in total. The molecule has 1 aromatic rings. The lowest BCUT2D eigenvalue weighted by atomic mass is 10.0. The van der Waals surface area contributed by atoms with E-state index in [-0.39, 0.29) is 42.9 Å². The van der Waals surface area contributed by atoms with E-state index < -0.39 is 35.8 Å². The van der Waals surface area contributed by atoms with E-state index in [1.807, 2.05) is 0 Å². The average molecular weight is 380 g/mol. The first-order chi connectivity index (χ1) is 12.7. The average Bonchev–Trinajstić information content (AvgIpc) is 2.55.